The van der Waals surface area contributed by atoms with Crippen LogP contribution in [-0.4, -0.2) is 17.9 Å². The minimum Gasteiger partial charge on any atom is -0.468 e. The molecule has 0 saturated heterocycles. The van der Waals surface area contributed by atoms with E-state index in [9.17, 15) is 4.79 Å². The number of nitrogens with two attached hydrogens (primary N) is 1. The standard InChI is InChI=1S/C14H17N3O2/c1-17(10-12-8-5-9-19-12)13(14(18)16-15)11-6-3-2-4-7-11/h2-9,13H,10,15H2,1H3,(H,16,18). The average Bonchev–Trinajstić information content (AvgIpc) is 2.93. The highest BCUT2D eigenvalue weighted by Gasteiger charge is 2.24. The molecule has 0 aliphatic carbocycles. The first-order valence-corrected chi connectivity index (χ1v) is 6.00. The average molecular weight is 259 g/mol. The fourth-order valence-electron chi connectivity index (χ4n) is 2.06. The predicted octanol–water partition coefficient (Wildman–Crippen LogP) is 1.44. The van der Waals surface area contributed by atoms with Crippen LogP contribution in [0.3, 0.4) is 0 Å². The van der Waals surface area contributed by atoms with Crippen LogP contribution in [0.15, 0.2) is 53.1 Å². The summed E-state index contributed by atoms with van der Waals surface area (Å²) in [5.74, 6) is 5.82. The van der Waals surface area contributed by atoms with Gasteiger partial charge in [0.15, 0.2) is 0 Å². The highest BCUT2D eigenvalue weighted by molar-refractivity contribution is 5.82. The molecule has 2 aromatic rings. The highest BCUT2D eigenvalue weighted by atomic mass is 16.3. The maximum Gasteiger partial charge on any atom is 0.255 e. The number of hydrogen-bond donors (Lipinski definition) is 2. The number of benzene rings is 1. The molecule has 0 spiro atoms. The molecule has 19 heavy (non-hydrogen) atoms. The van der Waals surface area contributed by atoms with E-state index in [1.165, 1.54) is 0 Å². The van der Waals surface area contributed by atoms with E-state index in [-0.39, 0.29) is 5.91 Å². The fraction of sp³-hybridized carbons (Fsp3) is 0.214. The molecule has 1 amide bonds. The Morgan fingerprint density at radius 3 is 2.63 bits per heavy atom. The van der Waals surface area contributed by atoms with Crippen molar-refractivity contribution in [1.29, 1.82) is 0 Å². The minimum atomic E-state index is -0.448. The van der Waals surface area contributed by atoms with E-state index in [1.54, 1.807) is 6.26 Å². The lowest BCUT2D eigenvalue weighted by atomic mass is 10.1. The van der Waals surface area contributed by atoms with Gasteiger partial charge in [-0.05, 0) is 24.7 Å². The van der Waals surface area contributed by atoms with E-state index in [1.807, 2.05) is 54.4 Å². The Morgan fingerprint density at radius 1 is 1.32 bits per heavy atom. The summed E-state index contributed by atoms with van der Waals surface area (Å²) in [6.45, 7) is 0.528. The summed E-state index contributed by atoms with van der Waals surface area (Å²) in [7, 11) is 1.86. The Morgan fingerprint density at radius 2 is 2.05 bits per heavy atom. The summed E-state index contributed by atoms with van der Waals surface area (Å²) in [6, 6.07) is 12.8. The third-order valence-electron chi connectivity index (χ3n) is 2.93. The second-order valence-electron chi connectivity index (χ2n) is 4.32. The molecule has 1 aromatic heterocycles. The molecule has 2 rings (SSSR count). The normalized spacial score (nSPS) is 12.4. The van der Waals surface area contributed by atoms with Gasteiger partial charge < -0.3 is 4.42 Å². The summed E-state index contributed by atoms with van der Waals surface area (Å²) < 4.78 is 5.30. The van der Waals surface area contributed by atoms with Crippen LogP contribution in [0.1, 0.15) is 17.4 Å². The van der Waals surface area contributed by atoms with Crippen molar-refractivity contribution in [2.75, 3.05) is 7.05 Å². The zero-order chi connectivity index (χ0) is 13.7. The quantitative estimate of drug-likeness (QED) is 0.484. The zero-order valence-corrected chi connectivity index (χ0v) is 10.7. The third-order valence-corrected chi connectivity index (χ3v) is 2.93. The number of amides is 1. The first-order chi connectivity index (χ1) is 9.22. The van der Waals surface area contributed by atoms with Gasteiger partial charge in [-0.2, -0.15) is 0 Å². The van der Waals surface area contributed by atoms with Crippen molar-refractivity contribution in [3.8, 4) is 0 Å². The highest BCUT2D eigenvalue weighted by Crippen LogP contribution is 2.21. The number of rotatable bonds is 5. The molecule has 1 atom stereocenters. The number of nitrogens with zero attached hydrogens (tertiary/aromatic N) is 1. The monoisotopic (exact) mass is 259 g/mol. The van der Waals surface area contributed by atoms with Crippen molar-refractivity contribution in [2.24, 2.45) is 5.84 Å². The molecule has 100 valence electrons. The predicted molar refractivity (Wildman–Crippen MR) is 71.7 cm³/mol. The lowest BCUT2D eigenvalue weighted by Crippen LogP contribution is -2.41. The van der Waals surface area contributed by atoms with E-state index >= 15 is 0 Å². The van der Waals surface area contributed by atoms with Gasteiger partial charge in [-0.3, -0.25) is 15.1 Å². The number of carbonyl (C=O) groups excluding carboxylic acids is 1. The Balaban J connectivity index is 2.20. The van der Waals surface area contributed by atoms with Crippen molar-refractivity contribution in [1.82, 2.24) is 10.3 Å². The molecule has 5 nitrogen and oxygen atoms in total. The largest absolute Gasteiger partial charge is 0.468 e. The Labute approximate surface area is 112 Å². The molecule has 0 aliphatic heterocycles. The molecular weight excluding hydrogens is 242 g/mol. The van der Waals surface area contributed by atoms with Crippen LogP contribution >= 0.6 is 0 Å². The van der Waals surface area contributed by atoms with Gasteiger partial charge >= 0.3 is 0 Å². The number of hydrogen-bond acceptors (Lipinski definition) is 4. The second-order valence-corrected chi connectivity index (χ2v) is 4.32. The molecule has 0 radical (unpaired) electrons. The maximum absolute atomic E-state index is 12.0. The molecule has 1 aromatic carbocycles. The lowest BCUT2D eigenvalue weighted by molar-refractivity contribution is -0.126. The number of nitrogens with one attached hydrogen (secondary N) is 1. The van der Waals surface area contributed by atoms with Gasteiger partial charge in [0.25, 0.3) is 5.91 Å². The van der Waals surface area contributed by atoms with Gasteiger partial charge in [0, 0.05) is 0 Å². The Kier molecular flexibility index (Phi) is 4.33. The van der Waals surface area contributed by atoms with Crippen LogP contribution in [0.25, 0.3) is 0 Å². The van der Waals surface area contributed by atoms with Crippen LogP contribution in [0, 0.1) is 0 Å². The molecule has 1 unspecified atom stereocenters. The van der Waals surface area contributed by atoms with Crippen LogP contribution < -0.4 is 11.3 Å². The van der Waals surface area contributed by atoms with Gasteiger partial charge in [0.1, 0.15) is 11.8 Å². The topological polar surface area (TPSA) is 71.5 Å². The SMILES string of the molecule is CN(Cc1ccco1)C(C(=O)NN)c1ccccc1. The second kappa shape index (κ2) is 6.17. The molecule has 3 N–H and O–H groups in total. The number of hydrazine groups is 1. The van der Waals surface area contributed by atoms with Crippen LogP contribution in [0.4, 0.5) is 0 Å². The number of furan rings is 1. The molecule has 0 saturated carbocycles. The van der Waals surface area contributed by atoms with Gasteiger partial charge in [0.2, 0.25) is 0 Å². The minimum absolute atomic E-state index is 0.250. The lowest BCUT2D eigenvalue weighted by Gasteiger charge is -2.26. The van der Waals surface area contributed by atoms with Gasteiger partial charge in [0.05, 0.1) is 12.8 Å². The van der Waals surface area contributed by atoms with Crippen LogP contribution in [0.2, 0.25) is 0 Å². The van der Waals surface area contributed by atoms with E-state index in [0.29, 0.717) is 6.54 Å². The summed E-state index contributed by atoms with van der Waals surface area (Å²) in [4.78, 5) is 13.9. The molecule has 0 aliphatic rings. The van der Waals surface area contributed by atoms with Crippen molar-refractivity contribution >= 4 is 5.91 Å². The summed E-state index contributed by atoms with van der Waals surface area (Å²) in [5.41, 5.74) is 3.10. The Bertz CT molecular complexity index is 511. The molecular formula is C14H17N3O2. The Hall–Kier alpha value is -2.11. The fourth-order valence-corrected chi connectivity index (χ4v) is 2.06. The van der Waals surface area contributed by atoms with Crippen molar-refractivity contribution in [2.45, 2.75) is 12.6 Å². The molecule has 5 heteroatoms. The van der Waals surface area contributed by atoms with Gasteiger partial charge in [-0.15, -0.1) is 0 Å². The smallest absolute Gasteiger partial charge is 0.255 e. The summed E-state index contributed by atoms with van der Waals surface area (Å²) in [6.07, 6.45) is 1.61. The van der Waals surface area contributed by atoms with E-state index < -0.39 is 6.04 Å². The molecule has 1 heterocycles. The van der Waals surface area contributed by atoms with Crippen molar-refractivity contribution in [3.05, 3.63) is 60.1 Å². The number of likely N-dealkylation sites (N-methyl/N-ethyl adjacent to an activating group) is 1. The third kappa shape index (κ3) is 3.21. The molecule has 0 fully saturated rings. The molecule has 0 bridgehead atoms. The number of carbonyl (C=O) groups is 1. The van der Waals surface area contributed by atoms with Gasteiger partial charge in [-0.1, -0.05) is 30.3 Å². The van der Waals surface area contributed by atoms with E-state index in [0.717, 1.165) is 11.3 Å². The zero-order valence-electron chi connectivity index (χ0n) is 10.7. The first kappa shape index (κ1) is 13.3. The van der Waals surface area contributed by atoms with Crippen molar-refractivity contribution < 1.29 is 9.21 Å². The summed E-state index contributed by atoms with van der Waals surface area (Å²) >= 11 is 0. The van der Waals surface area contributed by atoms with E-state index in [4.69, 9.17) is 10.3 Å². The van der Waals surface area contributed by atoms with Crippen LogP contribution in [-0.2, 0) is 11.3 Å². The van der Waals surface area contributed by atoms with Crippen LogP contribution in [0.5, 0.6) is 0 Å². The maximum atomic E-state index is 12.0. The van der Waals surface area contributed by atoms with E-state index in [2.05, 4.69) is 5.43 Å². The summed E-state index contributed by atoms with van der Waals surface area (Å²) in [5, 5.41) is 0. The van der Waals surface area contributed by atoms with Gasteiger partial charge in [-0.25, -0.2) is 5.84 Å². The first-order valence-electron chi connectivity index (χ1n) is 6.00. The van der Waals surface area contributed by atoms with Crippen molar-refractivity contribution in [3.63, 3.8) is 0 Å².